The summed E-state index contributed by atoms with van der Waals surface area (Å²) in [7, 11) is -4.02. The molecule has 5 nitrogen and oxygen atoms in total. The second kappa shape index (κ2) is 9.68. The minimum Gasteiger partial charge on any atom is -0.292 e. The van der Waals surface area contributed by atoms with E-state index in [1.807, 2.05) is 33.8 Å². The summed E-state index contributed by atoms with van der Waals surface area (Å²) < 4.78 is 29.6. The summed E-state index contributed by atoms with van der Waals surface area (Å²) in [5.74, 6) is -0.0911. The number of alkyl halides is 2. The van der Waals surface area contributed by atoms with Crippen LogP contribution in [-0.2, 0) is 14.8 Å². The van der Waals surface area contributed by atoms with E-state index in [0.717, 1.165) is 5.56 Å². The van der Waals surface area contributed by atoms with Crippen LogP contribution in [0, 0.1) is 12.3 Å². The molecule has 0 bridgehead atoms. The van der Waals surface area contributed by atoms with Crippen LogP contribution in [0.25, 0.3) is 0 Å². The summed E-state index contributed by atoms with van der Waals surface area (Å²) in [5, 5.41) is 0. The maximum Gasteiger partial charge on any atom is 0.284 e. The third-order valence-electron chi connectivity index (χ3n) is 5.31. The predicted octanol–water partition coefficient (Wildman–Crippen LogP) is 6.38. The molecule has 1 aliphatic rings. The topological polar surface area (TPSA) is 75.9 Å². The number of ketones is 1. The van der Waals surface area contributed by atoms with Gasteiger partial charge in [0.05, 0.1) is 19.9 Å². The van der Waals surface area contributed by atoms with Crippen molar-refractivity contribution < 1.29 is 13.2 Å². The summed E-state index contributed by atoms with van der Waals surface area (Å²) in [5.41, 5.74) is 1.47. The second-order valence-corrected chi connectivity index (χ2v) is 13.4. The average Bonchev–Trinajstić information content (AvgIpc) is 2.75. The number of sulfonamides is 1. The van der Waals surface area contributed by atoms with Crippen molar-refractivity contribution in [1.29, 1.82) is 0 Å². The van der Waals surface area contributed by atoms with Crippen LogP contribution in [-0.4, -0.2) is 34.9 Å². The fraction of sp³-hybridized carbons (Fsp3) is 0.292. The molecule has 2 aromatic rings. The lowest BCUT2D eigenvalue weighted by molar-refractivity contribution is -0.119. The Bertz CT molecular complexity index is 1260. The summed E-state index contributed by atoms with van der Waals surface area (Å²) in [6, 6.07) is 15.4. The van der Waals surface area contributed by atoms with E-state index >= 15 is 0 Å². The number of hydrogen-bond acceptors (Lipinski definition) is 3. The molecule has 0 aromatic heterocycles. The molecule has 2 unspecified atom stereocenters. The Morgan fingerprint density at radius 3 is 2.15 bits per heavy atom. The number of nitrogens with zero attached hydrogens (tertiary/aromatic N) is 2. The van der Waals surface area contributed by atoms with E-state index in [0.29, 0.717) is 15.8 Å². The van der Waals surface area contributed by atoms with Crippen molar-refractivity contribution in [2.75, 3.05) is 0 Å². The van der Waals surface area contributed by atoms with Gasteiger partial charge in [-0.1, -0.05) is 101 Å². The van der Waals surface area contributed by atoms with Crippen molar-refractivity contribution >= 4 is 75.1 Å². The first kappa shape index (κ1) is 26.2. The molecular weight excluding hydrogens is 636 g/mol. The minimum absolute atomic E-state index is 0.0327. The van der Waals surface area contributed by atoms with E-state index in [1.54, 1.807) is 42.5 Å². The molecule has 0 aliphatic heterocycles. The van der Waals surface area contributed by atoms with Crippen molar-refractivity contribution in [3.8, 4) is 0 Å². The molecule has 33 heavy (non-hydrogen) atoms. The smallest absolute Gasteiger partial charge is 0.284 e. The average molecular weight is 659 g/mol. The molecule has 0 radical (unpaired) electrons. The van der Waals surface area contributed by atoms with Gasteiger partial charge in [-0.2, -0.15) is 8.42 Å². The van der Waals surface area contributed by atoms with Gasteiger partial charge >= 0.3 is 0 Å². The van der Waals surface area contributed by atoms with E-state index in [2.05, 4.69) is 57.2 Å². The maximum absolute atomic E-state index is 13.1. The van der Waals surface area contributed by atoms with Crippen LogP contribution in [0.2, 0.25) is 0 Å². The highest BCUT2D eigenvalue weighted by Crippen LogP contribution is 2.49. The molecule has 2 atom stereocenters. The number of aliphatic imine (C=N–C) groups is 1. The lowest BCUT2D eigenvalue weighted by atomic mass is 9.72. The fourth-order valence-corrected chi connectivity index (χ4v) is 6.64. The first-order valence-corrected chi connectivity index (χ1v) is 14.0. The molecule has 174 valence electrons. The number of hydrogen-bond donors (Lipinski definition) is 0. The first-order chi connectivity index (χ1) is 15.3. The number of carbonyl (C=O) groups excluding carboxylic acids is 1. The van der Waals surface area contributed by atoms with Gasteiger partial charge in [0.25, 0.3) is 10.0 Å². The first-order valence-electron chi connectivity index (χ1n) is 10.1. The normalized spacial score (nSPS) is 23.5. The number of rotatable bonds is 3. The number of halogens is 3. The Morgan fingerprint density at radius 2 is 1.61 bits per heavy atom. The SMILES string of the molecule is Cc1ccc(S(=O)(=O)N=C(N=C2C=C(Br)C(=O)C(Br)(C(C)(C)C)C2Br)c2ccccc2)cc1. The number of carbonyl (C=O) groups is 1. The van der Waals surface area contributed by atoms with Gasteiger partial charge in [0.15, 0.2) is 11.6 Å². The molecule has 0 fully saturated rings. The highest BCUT2D eigenvalue weighted by Gasteiger charge is 2.55. The van der Waals surface area contributed by atoms with Crippen LogP contribution in [0.4, 0.5) is 0 Å². The molecule has 0 spiro atoms. The van der Waals surface area contributed by atoms with Crippen molar-refractivity contribution in [2.45, 2.75) is 41.7 Å². The quantitative estimate of drug-likeness (QED) is 0.218. The second-order valence-electron chi connectivity index (χ2n) is 8.75. The van der Waals surface area contributed by atoms with Crippen LogP contribution < -0.4 is 0 Å². The van der Waals surface area contributed by atoms with Crippen LogP contribution in [0.3, 0.4) is 0 Å². The van der Waals surface area contributed by atoms with Gasteiger partial charge in [0, 0.05) is 5.56 Å². The Kier molecular flexibility index (Phi) is 7.68. The fourth-order valence-electron chi connectivity index (χ4n) is 3.29. The molecule has 0 saturated carbocycles. The number of benzene rings is 2. The number of aryl methyl sites for hydroxylation is 1. The summed E-state index contributed by atoms with van der Waals surface area (Å²) in [6.07, 6.45) is 1.60. The zero-order valence-electron chi connectivity index (χ0n) is 18.5. The van der Waals surface area contributed by atoms with Crippen molar-refractivity contribution in [1.82, 2.24) is 0 Å². The van der Waals surface area contributed by atoms with Gasteiger partial charge < -0.3 is 0 Å². The van der Waals surface area contributed by atoms with E-state index in [1.165, 1.54) is 12.1 Å². The molecule has 0 amide bonds. The third kappa shape index (κ3) is 5.31. The summed E-state index contributed by atoms with van der Waals surface area (Å²) in [6.45, 7) is 7.73. The van der Waals surface area contributed by atoms with E-state index < -0.39 is 24.6 Å². The molecule has 1 aliphatic carbocycles. The maximum atomic E-state index is 13.1. The Balaban J connectivity index is 2.22. The van der Waals surface area contributed by atoms with E-state index in [-0.39, 0.29) is 16.5 Å². The predicted molar refractivity (Wildman–Crippen MR) is 145 cm³/mol. The van der Waals surface area contributed by atoms with Crippen LogP contribution in [0.1, 0.15) is 31.9 Å². The molecular formula is C24H23Br3N2O3S. The van der Waals surface area contributed by atoms with Crippen LogP contribution in [0.5, 0.6) is 0 Å². The Hall–Kier alpha value is -1.42. The summed E-state index contributed by atoms with van der Waals surface area (Å²) in [4.78, 5) is 17.3. The monoisotopic (exact) mass is 656 g/mol. The van der Waals surface area contributed by atoms with Gasteiger partial charge in [0.1, 0.15) is 4.32 Å². The zero-order chi connectivity index (χ0) is 24.6. The lowest BCUT2D eigenvalue weighted by Crippen LogP contribution is -2.56. The van der Waals surface area contributed by atoms with Crippen molar-refractivity contribution in [3.05, 3.63) is 76.3 Å². The van der Waals surface area contributed by atoms with E-state index in [9.17, 15) is 13.2 Å². The molecule has 0 saturated heterocycles. The zero-order valence-corrected chi connectivity index (χ0v) is 24.1. The van der Waals surface area contributed by atoms with Gasteiger partial charge in [-0.05, 0) is 46.5 Å². The highest BCUT2D eigenvalue weighted by atomic mass is 79.9. The number of amidine groups is 1. The molecule has 0 heterocycles. The largest absolute Gasteiger partial charge is 0.292 e. The molecule has 3 rings (SSSR count). The summed E-state index contributed by atoms with van der Waals surface area (Å²) >= 11 is 10.7. The highest BCUT2D eigenvalue weighted by molar-refractivity contribution is 9.13. The van der Waals surface area contributed by atoms with Gasteiger partial charge in [0.2, 0.25) is 0 Å². The molecule has 0 N–H and O–H groups in total. The molecule has 2 aromatic carbocycles. The lowest BCUT2D eigenvalue weighted by Gasteiger charge is -2.44. The van der Waals surface area contributed by atoms with E-state index in [4.69, 9.17) is 0 Å². The number of Topliss-reactive ketones (excluding diaryl/α,β-unsaturated/α-hetero) is 1. The Morgan fingerprint density at radius 1 is 1.03 bits per heavy atom. The Labute approximate surface area is 219 Å². The molecule has 9 heteroatoms. The third-order valence-corrected chi connectivity index (χ3v) is 11.0. The van der Waals surface area contributed by atoms with Crippen molar-refractivity contribution in [3.63, 3.8) is 0 Å². The van der Waals surface area contributed by atoms with Crippen LogP contribution >= 0.6 is 47.8 Å². The standard InChI is InChI=1S/C24H23Br3N2O3S/c1-15-10-12-17(13-11-15)33(31,32)29-22(16-8-6-5-7-9-16)28-19-14-18(25)21(30)24(27,20(19)26)23(2,3)4/h5-14,20H,1-4H3. The van der Waals surface area contributed by atoms with Gasteiger partial charge in [-0.15, -0.1) is 4.40 Å². The van der Waals surface area contributed by atoms with Gasteiger partial charge in [-0.25, -0.2) is 4.99 Å². The number of allylic oxidation sites excluding steroid dienone is 2. The van der Waals surface area contributed by atoms with Crippen LogP contribution in [0.15, 0.2) is 79.4 Å². The minimum atomic E-state index is -4.02. The van der Waals surface area contributed by atoms with Gasteiger partial charge in [-0.3, -0.25) is 4.79 Å². The van der Waals surface area contributed by atoms with Crippen molar-refractivity contribution in [2.24, 2.45) is 14.8 Å².